The number of likely N-dealkylation sites (tertiary alicyclic amines) is 1. The molecular weight excluding hydrogens is 301 g/mol. The molecule has 0 bridgehead atoms. The van der Waals surface area contributed by atoms with Crippen LogP contribution in [-0.2, 0) is 4.79 Å². The van der Waals surface area contributed by atoms with Gasteiger partial charge in [0.05, 0.1) is 22.1 Å². The third kappa shape index (κ3) is 2.05. The van der Waals surface area contributed by atoms with E-state index in [9.17, 15) is 9.90 Å². The highest BCUT2D eigenvalue weighted by atomic mass is 35.5. The van der Waals surface area contributed by atoms with Gasteiger partial charge in [-0.25, -0.2) is 0 Å². The molecule has 0 spiro atoms. The van der Waals surface area contributed by atoms with Crippen LogP contribution in [0.15, 0.2) is 12.1 Å². The van der Waals surface area contributed by atoms with Gasteiger partial charge in [-0.1, -0.05) is 23.2 Å². The van der Waals surface area contributed by atoms with Crippen molar-refractivity contribution >= 4 is 29.1 Å². The van der Waals surface area contributed by atoms with Crippen molar-refractivity contribution in [1.82, 2.24) is 10.2 Å². The summed E-state index contributed by atoms with van der Waals surface area (Å²) in [5.41, 5.74) is 6.49. The quantitative estimate of drug-likeness (QED) is 0.758. The van der Waals surface area contributed by atoms with Crippen LogP contribution >= 0.6 is 23.2 Å². The number of hydrogen-bond donors (Lipinski definition) is 3. The summed E-state index contributed by atoms with van der Waals surface area (Å²) in [6, 6.07) is 2.49. The smallest absolute Gasteiger partial charge is 0.240 e. The van der Waals surface area contributed by atoms with Crippen molar-refractivity contribution in [2.45, 2.75) is 18.0 Å². The summed E-state index contributed by atoms with van der Waals surface area (Å²) < 4.78 is 0. The maximum absolute atomic E-state index is 12.2. The average Bonchev–Trinajstić information content (AvgIpc) is 2.62. The fourth-order valence-corrected chi connectivity index (χ4v) is 3.25. The molecule has 4 N–H and O–H groups in total. The summed E-state index contributed by atoms with van der Waals surface area (Å²) in [5.74, 6) is -0.410. The van der Waals surface area contributed by atoms with Crippen LogP contribution in [0.3, 0.4) is 0 Å². The summed E-state index contributed by atoms with van der Waals surface area (Å²) >= 11 is 12.2. The molecular formula is C13H15Cl2N3O2. The van der Waals surface area contributed by atoms with Crippen molar-refractivity contribution in [2.75, 3.05) is 19.6 Å². The van der Waals surface area contributed by atoms with E-state index in [1.807, 2.05) is 0 Å². The third-order valence-electron chi connectivity index (χ3n) is 4.08. The van der Waals surface area contributed by atoms with Crippen molar-refractivity contribution in [3.8, 4) is 5.75 Å². The van der Waals surface area contributed by atoms with Crippen LogP contribution in [0.4, 0.5) is 0 Å². The predicted molar refractivity (Wildman–Crippen MR) is 77.2 cm³/mol. The second-order valence-corrected chi connectivity index (χ2v) is 6.01. The zero-order valence-electron chi connectivity index (χ0n) is 10.6. The van der Waals surface area contributed by atoms with Crippen molar-refractivity contribution in [1.29, 1.82) is 0 Å². The maximum Gasteiger partial charge on any atom is 0.240 e. The fourth-order valence-electron chi connectivity index (χ4n) is 2.78. The second-order valence-electron chi connectivity index (χ2n) is 5.23. The van der Waals surface area contributed by atoms with Gasteiger partial charge in [0.15, 0.2) is 0 Å². The minimum Gasteiger partial charge on any atom is -0.508 e. The number of carbonyl (C=O) groups excluding carboxylic acids is 1. The Morgan fingerprint density at radius 1 is 1.35 bits per heavy atom. The van der Waals surface area contributed by atoms with E-state index in [0.29, 0.717) is 17.1 Å². The van der Waals surface area contributed by atoms with Gasteiger partial charge in [0.25, 0.3) is 0 Å². The van der Waals surface area contributed by atoms with Crippen LogP contribution in [0.1, 0.15) is 11.5 Å². The molecule has 0 aliphatic carbocycles. The molecule has 0 unspecified atom stereocenters. The van der Waals surface area contributed by atoms with Gasteiger partial charge < -0.3 is 21.1 Å². The van der Waals surface area contributed by atoms with Gasteiger partial charge in [-0.3, -0.25) is 4.79 Å². The first-order valence-corrected chi connectivity index (χ1v) is 7.20. The number of nitrogens with zero attached hydrogens (tertiary/aromatic N) is 1. The Balaban J connectivity index is 1.95. The first kappa shape index (κ1) is 13.9. The zero-order valence-corrected chi connectivity index (χ0v) is 12.2. The molecule has 1 aromatic carbocycles. The monoisotopic (exact) mass is 315 g/mol. The Morgan fingerprint density at radius 3 is 2.65 bits per heavy atom. The molecule has 1 amide bonds. The van der Waals surface area contributed by atoms with E-state index < -0.39 is 6.04 Å². The molecule has 2 fully saturated rings. The lowest BCUT2D eigenvalue weighted by molar-refractivity contribution is -0.131. The number of nitrogens with two attached hydrogens (primary N) is 1. The number of amides is 1. The molecule has 2 heterocycles. The normalized spacial score (nSPS) is 26.9. The number of carbonyl (C=O) groups is 1. The van der Waals surface area contributed by atoms with E-state index in [0.717, 1.165) is 13.1 Å². The summed E-state index contributed by atoms with van der Waals surface area (Å²) in [5, 5.41) is 13.8. The van der Waals surface area contributed by atoms with Crippen molar-refractivity contribution in [3.05, 3.63) is 27.7 Å². The van der Waals surface area contributed by atoms with Gasteiger partial charge in [0.1, 0.15) is 5.75 Å². The maximum atomic E-state index is 12.2. The molecule has 20 heavy (non-hydrogen) atoms. The highest BCUT2D eigenvalue weighted by Gasteiger charge is 2.44. The standard InChI is InChI=1S/C13H15Cl2N3O2/c14-8-1-2-9(19)10(11(8)15)7-5-18(6-3-17-4-6)13(20)12(7)16/h1-2,6-7,12,17,19H,3-5,16H2/t7-,12-/m1/s1. The topological polar surface area (TPSA) is 78.6 Å². The SMILES string of the molecule is N[C@H]1C(=O)N(C2CNC2)C[C@@H]1c1c(O)ccc(Cl)c1Cl. The highest BCUT2D eigenvalue weighted by molar-refractivity contribution is 6.42. The molecule has 3 rings (SSSR count). The summed E-state index contributed by atoms with van der Waals surface area (Å²) in [7, 11) is 0. The Bertz CT molecular complexity index is 563. The molecule has 0 saturated carbocycles. The molecule has 5 nitrogen and oxygen atoms in total. The van der Waals surface area contributed by atoms with Gasteiger partial charge in [-0.05, 0) is 12.1 Å². The van der Waals surface area contributed by atoms with Gasteiger partial charge in [-0.15, -0.1) is 0 Å². The Hall–Kier alpha value is -1.01. The van der Waals surface area contributed by atoms with Crippen molar-refractivity contribution in [2.24, 2.45) is 5.73 Å². The summed E-state index contributed by atoms with van der Waals surface area (Å²) in [4.78, 5) is 14.0. The Labute approximate surface area is 126 Å². The molecule has 2 saturated heterocycles. The lowest BCUT2D eigenvalue weighted by Crippen LogP contribution is -2.58. The summed E-state index contributed by atoms with van der Waals surface area (Å²) in [6.45, 7) is 2.01. The van der Waals surface area contributed by atoms with Crippen LogP contribution < -0.4 is 11.1 Å². The third-order valence-corrected chi connectivity index (χ3v) is 4.90. The molecule has 2 aliphatic heterocycles. The van der Waals surface area contributed by atoms with Gasteiger partial charge >= 0.3 is 0 Å². The fraction of sp³-hybridized carbons (Fsp3) is 0.462. The van der Waals surface area contributed by atoms with Gasteiger partial charge in [0, 0.05) is 31.1 Å². The Kier molecular flexibility index (Phi) is 3.54. The van der Waals surface area contributed by atoms with E-state index >= 15 is 0 Å². The van der Waals surface area contributed by atoms with Crippen molar-refractivity contribution < 1.29 is 9.90 Å². The minimum absolute atomic E-state index is 0.0289. The molecule has 1 aromatic rings. The van der Waals surface area contributed by atoms with Crippen LogP contribution in [0.25, 0.3) is 0 Å². The Morgan fingerprint density at radius 2 is 2.05 bits per heavy atom. The second kappa shape index (κ2) is 5.07. The lowest BCUT2D eigenvalue weighted by atomic mass is 9.93. The number of phenols is 1. The molecule has 2 aliphatic rings. The molecule has 108 valence electrons. The summed E-state index contributed by atoms with van der Waals surface area (Å²) in [6.07, 6.45) is 0. The van der Waals surface area contributed by atoms with E-state index in [4.69, 9.17) is 28.9 Å². The minimum atomic E-state index is -0.697. The first-order chi connectivity index (χ1) is 9.50. The van der Waals surface area contributed by atoms with Crippen LogP contribution in [0, 0.1) is 0 Å². The molecule has 0 radical (unpaired) electrons. The number of nitrogens with one attached hydrogen (secondary N) is 1. The van der Waals surface area contributed by atoms with Crippen LogP contribution in [0.2, 0.25) is 10.0 Å². The molecule has 2 atom stereocenters. The highest BCUT2D eigenvalue weighted by Crippen LogP contribution is 2.41. The number of benzene rings is 1. The molecule has 0 aromatic heterocycles. The lowest BCUT2D eigenvalue weighted by Gasteiger charge is -2.35. The number of hydrogen-bond acceptors (Lipinski definition) is 4. The number of aromatic hydroxyl groups is 1. The van der Waals surface area contributed by atoms with Gasteiger partial charge in [-0.2, -0.15) is 0 Å². The largest absolute Gasteiger partial charge is 0.508 e. The number of rotatable bonds is 2. The zero-order chi connectivity index (χ0) is 14.4. The predicted octanol–water partition coefficient (Wildman–Crippen LogP) is 0.924. The van der Waals surface area contributed by atoms with Gasteiger partial charge in [0.2, 0.25) is 5.91 Å². The van der Waals surface area contributed by atoms with Crippen LogP contribution in [-0.4, -0.2) is 47.6 Å². The van der Waals surface area contributed by atoms with E-state index in [2.05, 4.69) is 5.32 Å². The van der Waals surface area contributed by atoms with E-state index in [1.165, 1.54) is 12.1 Å². The van der Waals surface area contributed by atoms with E-state index in [-0.39, 0.29) is 28.6 Å². The number of phenolic OH excluding ortho intramolecular Hbond substituents is 1. The first-order valence-electron chi connectivity index (χ1n) is 6.44. The van der Waals surface area contributed by atoms with Crippen molar-refractivity contribution in [3.63, 3.8) is 0 Å². The average molecular weight is 316 g/mol. The van der Waals surface area contributed by atoms with Crippen LogP contribution in [0.5, 0.6) is 5.75 Å². The number of halogens is 2. The molecule has 7 heteroatoms. The van der Waals surface area contributed by atoms with E-state index in [1.54, 1.807) is 4.90 Å².